The molecule has 0 atom stereocenters. The number of rotatable bonds is 0. The summed E-state index contributed by atoms with van der Waals surface area (Å²) in [4.78, 5) is 4.61. The van der Waals surface area contributed by atoms with E-state index in [2.05, 4.69) is 11.1 Å². The van der Waals surface area contributed by atoms with Crippen LogP contribution >= 0.6 is 0 Å². The molecule has 16 heavy (non-hydrogen) atoms. The van der Waals surface area contributed by atoms with E-state index < -0.39 is 0 Å². The number of pyridine rings is 1. The maximum absolute atomic E-state index is 9.56. The third-order valence-corrected chi connectivity index (χ3v) is 2.79. The molecule has 2 aromatic carbocycles. The van der Waals surface area contributed by atoms with Gasteiger partial charge >= 0.3 is 0 Å². The van der Waals surface area contributed by atoms with Crippen molar-refractivity contribution in [3.8, 4) is 5.75 Å². The first-order valence-corrected chi connectivity index (χ1v) is 5.23. The lowest BCUT2D eigenvalue weighted by molar-refractivity contribution is 0.476. The van der Waals surface area contributed by atoms with E-state index in [1.165, 1.54) is 0 Å². The van der Waals surface area contributed by atoms with Gasteiger partial charge in [-0.1, -0.05) is 18.2 Å². The number of para-hydroxylation sites is 1. The van der Waals surface area contributed by atoms with E-state index in [0.29, 0.717) is 5.75 Å². The first-order chi connectivity index (χ1) is 7.74. The van der Waals surface area contributed by atoms with Gasteiger partial charge in [0.05, 0.1) is 11.0 Å². The molecule has 1 N–H and O–H groups in total. The molecule has 2 heteroatoms. The summed E-state index contributed by atoms with van der Waals surface area (Å²) in [5, 5.41) is 11.6. The number of hydrogen-bond acceptors (Lipinski definition) is 2. The van der Waals surface area contributed by atoms with E-state index in [0.717, 1.165) is 27.4 Å². The van der Waals surface area contributed by atoms with Gasteiger partial charge in [-0.2, -0.15) is 0 Å². The third kappa shape index (κ3) is 1.31. The zero-order valence-electron chi connectivity index (χ0n) is 8.94. The molecule has 0 fully saturated rings. The monoisotopic (exact) mass is 209 g/mol. The SMILES string of the molecule is Cc1cc(O)cc2cc3ccccc3nc12. The van der Waals surface area contributed by atoms with Gasteiger partial charge in [0.15, 0.2) is 0 Å². The lowest BCUT2D eigenvalue weighted by Gasteiger charge is -2.05. The molecular formula is C14H11NO. The highest BCUT2D eigenvalue weighted by atomic mass is 16.3. The second-order valence-corrected chi connectivity index (χ2v) is 4.02. The van der Waals surface area contributed by atoms with Gasteiger partial charge in [-0.15, -0.1) is 0 Å². The summed E-state index contributed by atoms with van der Waals surface area (Å²) < 4.78 is 0. The fourth-order valence-corrected chi connectivity index (χ4v) is 2.05. The molecule has 0 saturated carbocycles. The molecule has 3 aromatic rings. The Morgan fingerprint density at radius 3 is 2.69 bits per heavy atom. The predicted molar refractivity (Wildman–Crippen MR) is 65.7 cm³/mol. The van der Waals surface area contributed by atoms with Crippen molar-refractivity contribution in [3.63, 3.8) is 0 Å². The molecule has 0 bridgehead atoms. The molecular weight excluding hydrogens is 198 g/mol. The molecule has 1 heterocycles. The summed E-state index contributed by atoms with van der Waals surface area (Å²) in [7, 11) is 0. The Hall–Kier alpha value is -2.09. The highest BCUT2D eigenvalue weighted by Gasteiger charge is 2.03. The van der Waals surface area contributed by atoms with Gasteiger partial charge in [-0.05, 0) is 36.8 Å². The van der Waals surface area contributed by atoms with Crippen LogP contribution < -0.4 is 0 Å². The smallest absolute Gasteiger partial charge is 0.116 e. The highest BCUT2D eigenvalue weighted by molar-refractivity contribution is 5.94. The van der Waals surface area contributed by atoms with E-state index in [9.17, 15) is 5.11 Å². The van der Waals surface area contributed by atoms with Crippen LogP contribution in [0.2, 0.25) is 0 Å². The maximum Gasteiger partial charge on any atom is 0.116 e. The molecule has 0 amide bonds. The van der Waals surface area contributed by atoms with Crippen LogP contribution in [0.4, 0.5) is 0 Å². The Kier molecular flexibility index (Phi) is 1.83. The number of hydrogen-bond donors (Lipinski definition) is 1. The van der Waals surface area contributed by atoms with Crippen LogP contribution in [0.25, 0.3) is 21.8 Å². The number of phenolic OH excluding ortho intramolecular Hbond substituents is 1. The molecule has 78 valence electrons. The fraction of sp³-hybridized carbons (Fsp3) is 0.0714. The van der Waals surface area contributed by atoms with Crippen LogP contribution in [0.1, 0.15) is 5.56 Å². The summed E-state index contributed by atoms with van der Waals surface area (Å²) in [5.74, 6) is 0.294. The van der Waals surface area contributed by atoms with Crippen LogP contribution in [-0.2, 0) is 0 Å². The Labute approximate surface area is 93.2 Å². The summed E-state index contributed by atoms with van der Waals surface area (Å²) in [6.07, 6.45) is 0. The van der Waals surface area contributed by atoms with Crippen LogP contribution in [0, 0.1) is 6.92 Å². The molecule has 2 nitrogen and oxygen atoms in total. The second kappa shape index (κ2) is 3.20. The fourth-order valence-electron chi connectivity index (χ4n) is 2.05. The quantitative estimate of drug-likeness (QED) is 0.575. The number of aromatic nitrogens is 1. The van der Waals surface area contributed by atoms with Crippen molar-refractivity contribution in [2.75, 3.05) is 0 Å². The zero-order chi connectivity index (χ0) is 11.1. The Morgan fingerprint density at radius 2 is 1.81 bits per heavy atom. The van der Waals surface area contributed by atoms with Crippen LogP contribution in [0.15, 0.2) is 42.5 Å². The van der Waals surface area contributed by atoms with Crippen molar-refractivity contribution in [1.82, 2.24) is 4.98 Å². The average Bonchev–Trinajstić information content (AvgIpc) is 2.27. The zero-order valence-corrected chi connectivity index (χ0v) is 8.94. The van der Waals surface area contributed by atoms with E-state index in [-0.39, 0.29) is 0 Å². The summed E-state index contributed by atoms with van der Waals surface area (Å²) in [5.41, 5.74) is 2.95. The normalized spacial score (nSPS) is 11.1. The number of aromatic hydroxyl groups is 1. The van der Waals surface area contributed by atoms with Crippen molar-refractivity contribution in [3.05, 3.63) is 48.0 Å². The van der Waals surface area contributed by atoms with Gasteiger partial charge in [0.2, 0.25) is 0 Å². The van der Waals surface area contributed by atoms with Gasteiger partial charge in [0.25, 0.3) is 0 Å². The number of benzene rings is 2. The minimum absolute atomic E-state index is 0.294. The van der Waals surface area contributed by atoms with E-state index in [4.69, 9.17) is 0 Å². The largest absolute Gasteiger partial charge is 0.508 e. The first-order valence-electron chi connectivity index (χ1n) is 5.23. The Morgan fingerprint density at radius 1 is 1.00 bits per heavy atom. The Bertz CT molecular complexity index is 689. The van der Waals surface area contributed by atoms with Crippen molar-refractivity contribution >= 4 is 21.8 Å². The van der Waals surface area contributed by atoms with Crippen LogP contribution in [0.5, 0.6) is 5.75 Å². The molecule has 0 aliphatic carbocycles. The summed E-state index contributed by atoms with van der Waals surface area (Å²) in [6.45, 7) is 1.96. The van der Waals surface area contributed by atoms with Gasteiger partial charge in [-0.3, -0.25) is 0 Å². The van der Waals surface area contributed by atoms with Crippen molar-refractivity contribution in [2.24, 2.45) is 0 Å². The standard InChI is InChI=1S/C14H11NO/c1-9-6-12(16)8-11-7-10-4-2-3-5-13(10)15-14(9)11/h2-8,16H,1H3. The molecule has 0 aliphatic rings. The lowest BCUT2D eigenvalue weighted by Crippen LogP contribution is -1.85. The minimum atomic E-state index is 0.294. The van der Waals surface area contributed by atoms with Gasteiger partial charge in [0, 0.05) is 10.8 Å². The molecule has 0 radical (unpaired) electrons. The highest BCUT2D eigenvalue weighted by Crippen LogP contribution is 2.25. The summed E-state index contributed by atoms with van der Waals surface area (Å²) >= 11 is 0. The Balaban J connectivity index is 2.51. The third-order valence-electron chi connectivity index (χ3n) is 2.79. The topological polar surface area (TPSA) is 33.1 Å². The second-order valence-electron chi connectivity index (χ2n) is 4.02. The van der Waals surface area contributed by atoms with Gasteiger partial charge in [0.1, 0.15) is 5.75 Å². The van der Waals surface area contributed by atoms with E-state index >= 15 is 0 Å². The van der Waals surface area contributed by atoms with E-state index in [1.807, 2.05) is 31.2 Å². The average molecular weight is 209 g/mol. The molecule has 0 unspecified atom stereocenters. The maximum atomic E-state index is 9.56. The number of aryl methyl sites for hydroxylation is 1. The van der Waals surface area contributed by atoms with Gasteiger partial charge in [-0.25, -0.2) is 4.98 Å². The molecule has 0 aliphatic heterocycles. The van der Waals surface area contributed by atoms with Gasteiger partial charge < -0.3 is 5.11 Å². The van der Waals surface area contributed by atoms with Crippen molar-refractivity contribution in [1.29, 1.82) is 0 Å². The molecule has 3 rings (SSSR count). The number of phenols is 1. The number of nitrogens with zero attached hydrogens (tertiary/aromatic N) is 1. The van der Waals surface area contributed by atoms with Crippen molar-refractivity contribution in [2.45, 2.75) is 6.92 Å². The van der Waals surface area contributed by atoms with Crippen LogP contribution in [0.3, 0.4) is 0 Å². The first kappa shape index (κ1) is 9.16. The molecule has 1 aromatic heterocycles. The molecule has 0 spiro atoms. The summed E-state index contributed by atoms with van der Waals surface area (Å²) in [6, 6.07) is 13.6. The minimum Gasteiger partial charge on any atom is -0.508 e. The lowest BCUT2D eigenvalue weighted by atomic mass is 10.1. The predicted octanol–water partition coefficient (Wildman–Crippen LogP) is 3.40. The van der Waals surface area contributed by atoms with E-state index in [1.54, 1.807) is 12.1 Å². The van der Waals surface area contributed by atoms with Crippen molar-refractivity contribution < 1.29 is 5.11 Å². The molecule has 0 saturated heterocycles. The number of fused-ring (bicyclic) bond motifs is 2. The van der Waals surface area contributed by atoms with Crippen LogP contribution in [-0.4, -0.2) is 10.1 Å².